The van der Waals surface area contributed by atoms with Crippen LogP contribution in [0.4, 0.5) is 19.0 Å². The highest BCUT2D eigenvalue weighted by atomic mass is 19.4. The Kier molecular flexibility index (Phi) is 5.13. The normalized spacial score (nSPS) is 22.5. The van der Waals surface area contributed by atoms with Crippen molar-refractivity contribution in [3.63, 3.8) is 0 Å². The number of alkyl halides is 3. The maximum absolute atomic E-state index is 13.1. The molecule has 1 N–H and O–H groups in total. The zero-order valence-corrected chi connectivity index (χ0v) is 16.6. The van der Waals surface area contributed by atoms with Crippen LogP contribution in [0.2, 0.25) is 0 Å². The highest BCUT2D eigenvalue weighted by molar-refractivity contribution is 5.88. The lowest BCUT2D eigenvalue weighted by atomic mass is 9.74. The summed E-state index contributed by atoms with van der Waals surface area (Å²) in [4.78, 5) is 14.9. The van der Waals surface area contributed by atoms with Gasteiger partial charge in [-0.1, -0.05) is 18.2 Å². The minimum atomic E-state index is -4.49. The fourth-order valence-corrected chi connectivity index (χ4v) is 4.51. The van der Waals surface area contributed by atoms with E-state index in [1.165, 1.54) is 6.33 Å². The van der Waals surface area contributed by atoms with E-state index >= 15 is 0 Å². The number of rotatable bonds is 3. The number of nitrogens with zero attached hydrogens (tertiary/aromatic N) is 3. The summed E-state index contributed by atoms with van der Waals surface area (Å²) in [7, 11) is 0. The van der Waals surface area contributed by atoms with Gasteiger partial charge in [-0.15, -0.1) is 0 Å². The van der Waals surface area contributed by atoms with Crippen LogP contribution in [0, 0.1) is 11.8 Å². The molecule has 1 fully saturated rings. The maximum atomic E-state index is 13.1. The molecule has 31 heavy (non-hydrogen) atoms. The number of aromatic nitrogens is 3. The summed E-state index contributed by atoms with van der Waals surface area (Å²) in [5.41, 5.74) is 0.281. The van der Waals surface area contributed by atoms with E-state index in [-0.39, 0.29) is 28.7 Å². The molecule has 6 nitrogen and oxygen atoms in total. The van der Waals surface area contributed by atoms with Crippen LogP contribution in [0.1, 0.15) is 30.0 Å². The van der Waals surface area contributed by atoms with Crippen LogP contribution in [0.5, 0.6) is 5.75 Å². The Labute approximate surface area is 176 Å². The van der Waals surface area contributed by atoms with Crippen LogP contribution in [-0.4, -0.2) is 41.0 Å². The molecule has 0 aliphatic carbocycles. The van der Waals surface area contributed by atoms with E-state index in [2.05, 4.69) is 19.9 Å². The summed E-state index contributed by atoms with van der Waals surface area (Å²) < 4.78 is 50.9. The van der Waals surface area contributed by atoms with Crippen LogP contribution in [0.3, 0.4) is 0 Å². The molecule has 5 rings (SSSR count). The van der Waals surface area contributed by atoms with E-state index in [1.807, 2.05) is 30.5 Å². The van der Waals surface area contributed by atoms with Gasteiger partial charge >= 0.3 is 6.18 Å². The summed E-state index contributed by atoms with van der Waals surface area (Å²) in [5, 5.41) is 0.244. The number of hydrogen-bond donors (Lipinski definition) is 1. The third-order valence-corrected chi connectivity index (χ3v) is 6.11. The number of nitrogens with one attached hydrogen (secondary N) is 1. The molecule has 0 saturated carbocycles. The number of hydrogen-bond acceptors (Lipinski definition) is 5. The number of H-pyrrole nitrogens is 1. The van der Waals surface area contributed by atoms with Crippen molar-refractivity contribution >= 4 is 23.1 Å². The first-order valence-corrected chi connectivity index (χ1v) is 10.3. The molecule has 162 valence electrons. The van der Waals surface area contributed by atoms with Crippen molar-refractivity contribution in [3.8, 4) is 5.75 Å². The standard InChI is InChI=1S/C22H21F3N4O2/c23-22(24,25)19-9-15-20(27-12-28-21(15)29-19)26-10-16-14-3-1-2-4-18(14)31-11-17(16)13-5-7-30-8-6-13/h1-4,9-10,12-13,16-17H,5-8,11H2,(H,27,28,29)/t16?,17-/m0/s1. The van der Waals surface area contributed by atoms with Gasteiger partial charge in [0.05, 0.1) is 12.0 Å². The van der Waals surface area contributed by atoms with Crippen molar-refractivity contribution in [3.05, 3.63) is 47.9 Å². The average molecular weight is 430 g/mol. The number of fused-ring (bicyclic) bond motifs is 2. The van der Waals surface area contributed by atoms with Crippen molar-refractivity contribution in [2.75, 3.05) is 19.8 Å². The van der Waals surface area contributed by atoms with Gasteiger partial charge in [-0.2, -0.15) is 13.2 Å². The number of halogens is 3. The predicted molar refractivity (Wildman–Crippen MR) is 109 cm³/mol. The van der Waals surface area contributed by atoms with Gasteiger partial charge in [0.2, 0.25) is 0 Å². The summed E-state index contributed by atoms with van der Waals surface area (Å²) in [6, 6.07) is 8.84. The topological polar surface area (TPSA) is 72.4 Å². The van der Waals surface area contributed by atoms with Crippen LogP contribution in [0.25, 0.3) is 11.0 Å². The van der Waals surface area contributed by atoms with E-state index in [0.29, 0.717) is 12.5 Å². The first kappa shape index (κ1) is 20.0. The van der Waals surface area contributed by atoms with Crippen molar-refractivity contribution in [2.24, 2.45) is 16.8 Å². The quantitative estimate of drug-likeness (QED) is 0.600. The van der Waals surface area contributed by atoms with Crippen molar-refractivity contribution in [2.45, 2.75) is 24.9 Å². The third kappa shape index (κ3) is 3.89. The van der Waals surface area contributed by atoms with E-state index in [4.69, 9.17) is 9.47 Å². The van der Waals surface area contributed by atoms with Gasteiger partial charge in [0.25, 0.3) is 0 Å². The van der Waals surface area contributed by atoms with E-state index in [9.17, 15) is 13.2 Å². The summed E-state index contributed by atoms with van der Waals surface area (Å²) in [6.07, 6.45) is 0.439. The first-order chi connectivity index (χ1) is 15.0. The van der Waals surface area contributed by atoms with E-state index in [1.54, 1.807) is 0 Å². The van der Waals surface area contributed by atoms with Crippen LogP contribution < -0.4 is 4.74 Å². The second kappa shape index (κ2) is 7.96. The predicted octanol–water partition coefficient (Wildman–Crippen LogP) is 4.90. The zero-order chi connectivity index (χ0) is 21.4. The Bertz CT molecular complexity index is 1110. The van der Waals surface area contributed by atoms with E-state index in [0.717, 1.165) is 43.4 Å². The van der Waals surface area contributed by atoms with E-state index < -0.39 is 11.9 Å². The Morgan fingerprint density at radius 1 is 1.13 bits per heavy atom. The monoisotopic (exact) mass is 430 g/mol. The van der Waals surface area contributed by atoms with Gasteiger partial charge in [0.15, 0.2) is 5.82 Å². The van der Waals surface area contributed by atoms with Gasteiger partial charge in [-0.25, -0.2) is 15.0 Å². The van der Waals surface area contributed by atoms with Gasteiger partial charge in [0, 0.05) is 36.8 Å². The van der Waals surface area contributed by atoms with Crippen LogP contribution >= 0.6 is 0 Å². The number of ether oxygens (including phenoxy) is 2. The lowest BCUT2D eigenvalue weighted by Crippen LogP contribution is -2.35. The molecule has 0 radical (unpaired) electrons. The molecule has 1 saturated heterocycles. The molecular formula is C22H21F3N4O2. The third-order valence-electron chi connectivity index (χ3n) is 6.11. The molecule has 2 atom stereocenters. The number of aliphatic imine (C=N–C) groups is 1. The molecule has 9 heteroatoms. The molecule has 1 unspecified atom stereocenters. The average Bonchev–Trinajstić information content (AvgIpc) is 3.24. The first-order valence-electron chi connectivity index (χ1n) is 10.3. The molecule has 0 bridgehead atoms. The Morgan fingerprint density at radius 3 is 2.74 bits per heavy atom. The number of para-hydroxylation sites is 1. The van der Waals surface area contributed by atoms with Gasteiger partial charge in [-0.05, 0) is 30.9 Å². The Morgan fingerprint density at radius 2 is 1.94 bits per heavy atom. The molecule has 1 aromatic carbocycles. The lowest BCUT2D eigenvalue weighted by molar-refractivity contribution is -0.140. The minimum Gasteiger partial charge on any atom is -0.493 e. The largest absolute Gasteiger partial charge is 0.493 e. The summed E-state index contributed by atoms with van der Waals surface area (Å²) >= 11 is 0. The second-order valence-corrected chi connectivity index (χ2v) is 7.91. The summed E-state index contributed by atoms with van der Waals surface area (Å²) in [5.74, 6) is 1.63. The molecule has 4 heterocycles. The fourth-order valence-electron chi connectivity index (χ4n) is 4.51. The molecule has 2 aromatic heterocycles. The highest BCUT2D eigenvalue weighted by Gasteiger charge is 2.36. The zero-order valence-electron chi connectivity index (χ0n) is 16.6. The molecule has 0 spiro atoms. The minimum absolute atomic E-state index is 0.0286. The molecule has 3 aromatic rings. The molecule has 2 aliphatic rings. The fraction of sp³-hybridized carbons (Fsp3) is 0.409. The van der Waals surface area contributed by atoms with Crippen molar-refractivity contribution < 1.29 is 22.6 Å². The van der Waals surface area contributed by atoms with Gasteiger partial charge in [-0.3, -0.25) is 0 Å². The Balaban J connectivity index is 1.52. The smallest absolute Gasteiger partial charge is 0.431 e. The van der Waals surface area contributed by atoms with Gasteiger partial charge < -0.3 is 14.5 Å². The van der Waals surface area contributed by atoms with Crippen LogP contribution in [-0.2, 0) is 10.9 Å². The summed E-state index contributed by atoms with van der Waals surface area (Å²) in [6.45, 7) is 2.02. The highest BCUT2D eigenvalue weighted by Crippen LogP contribution is 2.42. The Hall–Kier alpha value is -2.94. The van der Waals surface area contributed by atoms with Crippen LogP contribution in [0.15, 0.2) is 41.7 Å². The molecule has 0 amide bonds. The number of benzene rings is 1. The van der Waals surface area contributed by atoms with Gasteiger partial charge in [0.1, 0.15) is 23.4 Å². The lowest BCUT2D eigenvalue weighted by Gasteiger charge is -2.38. The van der Waals surface area contributed by atoms with Crippen molar-refractivity contribution in [1.29, 1.82) is 0 Å². The molecule has 2 aliphatic heterocycles. The maximum Gasteiger partial charge on any atom is 0.431 e. The second-order valence-electron chi connectivity index (χ2n) is 7.91. The van der Waals surface area contributed by atoms with Crippen molar-refractivity contribution in [1.82, 2.24) is 15.0 Å². The molecular weight excluding hydrogens is 409 g/mol. The SMILES string of the molecule is FC(F)(F)c1cc2c(N=CC3c4ccccc4OC[C@H]3C3CCOCC3)ncnc2[nH]1. The number of aromatic amines is 1.